The molecule has 1 aliphatic carbocycles. The van der Waals surface area contributed by atoms with Crippen LogP contribution in [0.1, 0.15) is 51.2 Å². The lowest BCUT2D eigenvalue weighted by Crippen LogP contribution is -2.44. The molecule has 1 unspecified atom stereocenters. The molecule has 2 amide bonds. The maximum atomic E-state index is 14.3. The summed E-state index contributed by atoms with van der Waals surface area (Å²) in [6.07, 6.45) is 0.977. The Hall–Kier alpha value is -2.18. The fourth-order valence-corrected chi connectivity index (χ4v) is 2.89. The van der Waals surface area contributed by atoms with Crippen molar-refractivity contribution in [3.63, 3.8) is 0 Å². The average molecular weight is 368 g/mol. The molecule has 2 N–H and O–H groups in total. The van der Waals surface area contributed by atoms with Gasteiger partial charge in [0, 0.05) is 17.6 Å². The summed E-state index contributed by atoms with van der Waals surface area (Å²) in [6.45, 7) is 7.07. The minimum atomic E-state index is -3.59. The molecule has 1 fully saturated rings. The number of nitrogens with one attached hydrogen (secondary N) is 2. The summed E-state index contributed by atoms with van der Waals surface area (Å²) in [4.78, 5) is 23.8. The van der Waals surface area contributed by atoms with Gasteiger partial charge in [-0.25, -0.2) is 4.79 Å². The molecule has 1 saturated carbocycles. The Labute approximate surface area is 152 Å². The third-order valence-electron chi connectivity index (χ3n) is 4.19. The summed E-state index contributed by atoms with van der Waals surface area (Å²) in [6, 6.07) is 5.01. The number of rotatable bonds is 4. The van der Waals surface area contributed by atoms with E-state index in [1.165, 1.54) is 12.1 Å². The highest BCUT2D eigenvalue weighted by Gasteiger charge is 2.42. The van der Waals surface area contributed by atoms with Gasteiger partial charge in [-0.1, -0.05) is 29.8 Å². The van der Waals surface area contributed by atoms with E-state index in [1.807, 2.05) is 0 Å². The molecule has 1 aromatic carbocycles. The molecule has 1 aliphatic rings. The van der Waals surface area contributed by atoms with Crippen molar-refractivity contribution in [3.05, 3.63) is 35.4 Å². The highest BCUT2D eigenvalue weighted by Crippen LogP contribution is 2.30. The van der Waals surface area contributed by atoms with Gasteiger partial charge in [-0.05, 0) is 47.0 Å². The molecule has 26 heavy (non-hydrogen) atoms. The van der Waals surface area contributed by atoms with E-state index in [4.69, 9.17) is 4.74 Å². The number of carbonyl (C=O) groups excluding carboxylic acids is 2. The number of alkyl carbamates (subject to hydrolysis) is 1. The van der Waals surface area contributed by atoms with Crippen molar-refractivity contribution in [1.82, 2.24) is 10.6 Å². The van der Waals surface area contributed by atoms with Gasteiger partial charge in [-0.15, -0.1) is 0 Å². The predicted molar refractivity (Wildman–Crippen MR) is 94.0 cm³/mol. The molecule has 2 atom stereocenters. The Morgan fingerprint density at radius 2 is 1.58 bits per heavy atom. The summed E-state index contributed by atoms with van der Waals surface area (Å²) in [5.41, 5.74) is -0.0919. The number of aryl methyl sites for hydroxylation is 1. The zero-order valence-corrected chi connectivity index (χ0v) is 15.6. The van der Waals surface area contributed by atoms with Crippen LogP contribution in [0, 0.1) is 6.92 Å². The first-order valence-corrected chi connectivity index (χ1v) is 8.73. The largest absolute Gasteiger partial charge is 0.444 e. The zero-order chi connectivity index (χ0) is 19.5. The number of halogens is 2. The molecule has 0 saturated heterocycles. The van der Waals surface area contributed by atoms with Crippen molar-refractivity contribution < 1.29 is 23.1 Å². The SMILES string of the molecule is Cc1ccc(C(F)(F)C(=O)NC2CC[C@H](NC(=O)OC(C)(C)C)C2)cc1. The highest BCUT2D eigenvalue weighted by atomic mass is 19.3. The smallest absolute Gasteiger partial charge is 0.407 e. The van der Waals surface area contributed by atoms with E-state index >= 15 is 0 Å². The van der Waals surface area contributed by atoms with Crippen LogP contribution in [-0.4, -0.2) is 29.7 Å². The zero-order valence-electron chi connectivity index (χ0n) is 15.6. The first-order chi connectivity index (χ1) is 12.0. The molecule has 0 spiro atoms. The van der Waals surface area contributed by atoms with Crippen LogP contribution >= 0.6 is 0 Å². The molecule has 0 aromatic heterocycles. The molecular weight excluding hydrogens is 342 g/mol. The normalized spacial score (nSPS) is 20.5. The summed E-state index contributed by atoms with van der Waals surface area (Å²) < 4.78 is 33.8. The van der Waals surface area contributed by atoms with E-state index in [0.29, 0.717) is 19.3 Å². The average Bonchev–Trinajstić information content (AvgIpc) is 2.92. The fourth-order valence-electron chi connectivity index (χ4n) is 2.89. The lowest BCUT2D eigenvalue weighted by molar-refractivity contribution is -0.147. The first-order valence-electron chi connectivity index (χ1n) is 8.73. The molecule has 1 aromatic rings. The minimum Gasteiger partial charge on any atom is -0.444 e. The van der Waals surface area contributed by atoms with Gasteiger partial charge in [0.1, 0.15) is 5.60 Å². The molecule has 0 heterocycles. The van der Waals surface area contributed by atoms with Gasteiger partial charge in [0.15, 0.2) is 0 Å². The molecule has 0 aliphatic heterocycles. The van der Waals surface area contributed by atoms with E-state index in [1.54, 1.807) is 39.8 Å². The Balaban J connectivity index is 1.88. The number of hydrogen-bond donors (Lipinski definition) is 2. The molecule has 5 nitrogen and oxygen atoms in total. The van der Waals surface area contributed by atoms with Crippen LogP contribution in [0.3, 0.4) is 0 Å². The standard InChI is InChI=1S/C19H26F2N2O3/c1-12-5-7-13(8-6-12)19(20,21)16(24)22-14-9-10-15(11-14)23-17(25)26-18(2,3)4/h5-8,14-15H,9-11H2,1-4H3,(H,22,24)(H,23,25)/t14?,15-/m0/s1. The van der Waals surface area contributed by atoms with Gasteiger partial charge in [-0.2, -0.15) is 8.78 Å². The molecule has 0 radical (unpaired) electrons. The number of hydrogen-bond acceptors (Lipinski definition) is 3. The van der Waals surface area contributed by atoms with Crippen molar-refractivity contribution in [1.29, 1.82) is 0 Å². The van der Waals surface area contributed by atoms with Gasteiger partial charge >= 0.3 is 12.0 Å². The lowest BCUT2D eigenvalue weighted by Gasteiger charge is -2.22. The van der Waals surface area contributed by atoms with Crippen molar-refractivity contribution in [2.45, 2.75) is 70.6 Å². The summed E-state index contributed by atoms with van der Waals surface area (Å²) in [5, 5.41) is 5.12. The van der Waals surface area contributed by atoms with Crippen LogP contribution in [0.5, 0.6) is 0 Å². The number of ether oxygens (including phenoxy) is 1. The third kappa shape index (κ3) is 5.41. The van der Waals surface area contributed by atoms with Crippen molar-refractivity contribution in [3.8, 4) is 0 Å². The number of benzene rings is 1. The second kappa shape index (κ2) is 7.60. The molecule has 0 bridgehead atoms. The van der Waals surface area contributed by atoms with Crippen LogP contribution in [0.15, 0.2) is 24.3 Å². The fraction of sp³-hybridized carbons (Fsp3) is 0.579. The van der Waals surface area contributed by atoms with Crippen molar-refractivity contribution in [2.24, 2.45) is 0 Å². The van der Waals surface area contributed by atoms with Crippen LogP contribution in [0.4, 0.5) is 13.6 Å². The number of amides is 2. The monoisotopic (exact) mass is 368 g/mol. The van der Waals surface area contributed by atoms with Crippen LogP contribution < -0.4 is 10.6 Å². The second-order valence-corrected chi connectivity index (χ2v) is 7.77. The highest BCUT2D eigenvalue weighted by molar-refractivity contribution is 5.85. The van der Waals surface area contributed by atoms with Gasteiger partial charge < -0.3 is 15.4 Å². The van der Waals surface area contributed by atoms with E-state index in [0.717, 1.165) is 5.56 Å². The molecular formula is C19H26F2N2O3. The summed E-state index contributed by atoms with van der Waals surface area (Å²) in [7, 11) is 0. The second-order valence-electron chi connectivity index (χ2n) is 7.77. The van der Waals surface area contributed by atoms with Gasteiger partial charge in [0.25, 0.3) is 5.91 Å². The van der Waals surface area contributed by atoms with E-state index in [9.17, 15) is 18.4 Å². The quantitative estimate of drug-likeness (QED) is 0.852. The van der Waals surface area contributed by atoms with Crippen LogP contribution in [0.25, 0.3) is 0 Å². The maximum absolute atomic E-state index is 14.3. The first kappa shape index (κ1) is 20.1. The topological polar surface area (TPSA) is 67.4 Å². The number of alkyl halides is 2. The summed E-state index contributed by atoms with van der Waals surface area (Å²) >= 11 is 0. The van der Waals surface area contributed by atoms with Crippen molar-refractivity contribution in [2.75, 3.05) is 0 Å². The van der Waals surface area contributed by atoms with E-state index < -0.39 is 29.6 Å². The predicted octanol–water partition coefficient (Wildman–Crippen LogP) is 3.65. The Kier molecular flexibility index (Phi) is 5.88. The Morgan fingerprint density at radius 1 is 1.04 bits per heavy atom. The van der Waals surface area contributed by atoms with E-state index in [2.05, 4.69) is 10.6 Å². The molecule has 144 valence electrons. The van der Waals surface area contributed by atoms with Crippen LogP contribution in [0.2, 0.25) is 0 Å². The molecule has 7 heteroatoms. The third-order valence-corrected chi connectivity index (χ3v) is 4.19. The maximum Gasteiger partial charge on any atom is 0.407 e. The van der Waals surface area contributed by atoms with Gasteiger partial charge in [0.2, 0.25) is 0 Å². The van der Waals surface area contributed by atoms with E-state index in [-0.39, 0.29) is 11.6 Å². The van der Waals surface area contributed by atoms with Gasteiger partial charge in [-0.3, -0.25) is 4.79 Å². The Bertz CT molecular complexity index is 654. The minimum absolute atomic E-state index is 0.205. The lowest BCUT2D eigenvalue weighted by atomic mass is 10.1. The summed E-state index contributed by atoms with van der Waals surface area (Å²) in [5.74, 6) is -4.91. The van der Waals surface area contributed by atoms with Crippen LogP contribution in [-0.2, 0) is 15.5 Å². The van der Waals surface area contributed by atoms with Gasteiger partial charge in [0.05, 0.1) is 0 Å². The molecule has 2 rings (SSSR count). The number of carbonyl (C=O) groups is 2. The Morgan fingerprint density at radius 3 is 2.12 bits per heavy atom. The van der Waals surface area contributed by atoms with Crippen molar-refractivity contribution >= 4 is 12.0 Å².